The van der Waals surface area contributed by atoms with Crippen LogP contribution in [0.1, 0.15) is 226 Å². The quantitative estimate of drug-likeness (QED) is 0.0273. The second kappa shape index (κ2) is 42.0. The van der Waals surface area contributed by atoms with E-state index in [1.807, 2.05) is 21.1 Å². The minimum Gasteiger partial charge on any atom is -0.756 e. The Kier molecular flexibility index (Phi) is 41.1. The monoisotopic (exact) mass is 853 g/mol. The predicted molar refractivity (Wildman–Crippen MR) is 251 cm³/mol. The first kappa shape index (κ1) is 57.7. The molecule has 0 aliphatic rings. The Labute approximate surface area is 366 Å². The highest BCUT2D eigenvalue weighted by Gasteiger charge is 2.24. The van der Waals surface area contributed by atoms with E-state index in [0.29, 0.717) is 23.9 Å². The van der Waals surface area contributed by atoms with Gasteiger partial charge < -0.3 is 28.8 Å². The Morgan fingerprint density at radius 3 is 1.42 bits per heavy atom. The molecule has 0 aliphatic heterocycles. The van der Waals surface area contributed by atoms with Crippen LogP contribution in [0, 0.1) is 0 Å². The molecule has 8 nitrogen and oxygen atoms in total. The summed E-state index contributed by atoms with van der Waals surface area (Å²) in [4.78, 5) is 25.3. The number of nitrogens with one attached hydrogen (secondary N) is 1. The van der Waals surface area contributed by atoms with Gasteiger partial charge in [0.15, 0.2) is 0 Å². The maximum Gasteiger partial charge on any atom is 0.268 e. The third-order valence-corrected chi connectivity index (χ3v) is 12.1. The number of nitrogens with zero attached hydrogens (tertiary/aromatic N) is 1. The third kappa shape index (κ3) is 44.6. The summed E-state index contributed by atoms with van der Waals surface area (Å²) in [6.07, 6.45) is 51.8. The van der Waals surface area contributed by atoms with E-state index in [-0.39, 0.29) is 19.1 Å². The zero-order chi connectivity index (χ0) is 43.6. The summed E-state index contributed by atoms with van der Waals surface area (Å²) in [7, 11) is 1.30. The van der Waals surface area contributed by atoms with Crippen molar-refractivity contribution in [2.24, 2.45) is 0 Å². The molecule has 0 saturated carbocycles. The third-order valence-electron chi connectivity index (χ3n) is 11.1. The van der Waals surface area contributed by atoms with Crippen molar-refractivity contribution in [2.45, 2.75) is 238 Å². The van der Waals surface area contributed by atoms with Crippen molar-refractivity contribution in [3.63, 3.8) is 0 Å². The number of likely N-dealkylation sites (N-methyl/N-ethyl adjacent to an activating group) is 1. The van der Waals surface area contributed by atoms with Gasteiger partial charge in [-0.2, -0.15) is 0 Å². The lowest BCUT2D eigenvalue weighted by Gasteiger charge is -2.30. The summed E-state index contributed by atoms with van der Waals surface area (Å²) in [6, 6.07) is -0.797. The van der Waals surface area contributed by atoms with Crippen molar-refractivity contribution < 1.29 is 32.9 Å². The van der Waals surface area contributed by atoms with Crippen molar-refractivity contribution in [3.05, 3.63) is 36.5 Å². The minimum absolute atomic E-state index is 0.0119. The molecular weight excluding hydrogens is 756 g/mol. The van der Waals surface area contributed by atoms with Crippen LogP contribution in [0.4, 0.5) is 0 Å². The zero-order valence-electron chi connectivity index (χ0n) is 39.5. The van der Waals surface area contributed by atoms with Crippen LogP contribution >= 0.6 is 7.82 Å². The second-order valence-electron chi connectivity index (χ2n) is 18.2. The summed E-state index contributed by atoms with van der Waals surface area (Å²) in [5.41, 5.74) is 0. The first-order valence-electron chi connectivity index (χ1n) is 24.8. The maximum atomic E-state index is 12.9. The fourth-order valence-corrected chi connectivity index (χ4v) is 7.89. The first-order chi connectivity index (χ1) is 28.5. The molecule has 0 saturated heterocycles. The number of carbonyl (C=O) groups is 1. The minimum atomic E-state index is -4.56. The SMILES string of the molecule is CCCCCCC/C=C\C/C=C\C/C=C\CCCCCCCCCCCCCCCCC(=O)NC(COP(=O)([O-])OCC[N+](C)(C)C)C(O)CCCCCCCCCC. The van der Waals surface area contributed by atoms with E-state index in [4.69, 9.17) is 9.05 Å². The van der Waals surface area contributed by atoms with Gasteiger partial charge in [-0.1, -0.05) is 204 Å². The highest BCUT2D eigenvalue weighted by atomic mass is 31.2. The summed E-state index contributed by atoms with van der Waals surface area (Å²) >= 11 is 0. The molecule has 9 heteroatoms. The molecule has 0 spiro atoms. The lowest BCUT2D eigenvalue weighted by molar-refractivity contribution is -0.870. The first-order valence-corrected chi connectivity index (χ1v) is 26.3. The molecule has 348 valence electrons. The molecule has 0 radical (unpaired) electrons. The molecule has 0 bridgehead atoms. The van der Waals surface area contributed by atoms with E-state index < -0.39 is 20.0 Å². The summed E-state index contributed by atoms with van der Waals surface area (Å²) in [5, 5.41) is 13.8. The molecule has 0 aromatic carbocycles. The predicted octanol–water partition coefficient (Wildman–Crippen LogP) is 13.6. The van der Waals surface area contributed by atoms with Crippen molar-refractivity contribution in [1.82, 2.24) is 5.32 Å². The van der Waals surface area contributed by atoms with Crippen molar-refractivity contribution in [1.29, 1.82) is 0 Å². The van der Waals surface area contributed by atoms with Crippen LogP contribution in [0.15, 0.2) is 36.5 Å². The van der Waals surface area contributed by atoms with Crippen LogP contribution in [-0.2, 0) is 18.4 Å². The molecule has 0 aliphatic carbocycles. The standard InChI is InChI=1S/C50H97N2O6P/c1-6-8-10-12-14-16-17-18-19-20-21-22-23-24-25-26-27-28-29-30-31-32-33-34-35-36-38-40-42-44-50(54)51-48(47-58-59(55,56)57-46-45-52(3,4)5)49(53)43-41-39-37-15-13-11-9-7-2/h17-18,20-21,23-24,48-49,53H,6-16,19,22,25-47H2,1-5H3,(H-,51,54,55,56)/b18-17-,21-20-,24-23-. The molecule has 2 N–H and O–H groups in total. The smallest absolute Gasteiger partial charge is 0.268 e. The molecule has 0 rings (SSSR count). The number of carbonyl (C=O) groups excluding carboxylic acids is 1. The van der Waals surface area contributed by atoms with Crippen molar-refractivity contribution in [3.8, 4) is 0 Å². The van der Waals surface area contributed by atoms with Crippen LogP contribution in [0.2, 0.25) is 0 Å². The number of hydrogen-bond donors (Lipinski definition) is 2. The van der Waals surface area contributed by atoms with Gasteiger partial charge in [-0.3, -0.25) is 9.36 Å². The number of hydrogen-bond acceptors (Lipinski definition) is 6. The largest absolute Gasteiger partial charge is 0.756 e. The van der Waals surface area contributed by atoms with E-state index in [1.54, 1.807) is 0 Å². The molecule has 0 fully saturated rings. The van der Waals surface area contributed by atoms with Crippen LogP contribution in [0.25, 0.3) is 0 Å². The van der Waals surface area contributed by atoms with Crippen LogP contribution in [-0.4, -0.2) is 68.5 Å². The van der Waals surface area contributed by atoms with Gasteiger partial charge in [-0.15, -0.1) is 0 Å². The van der Waals surface area contributed by atoms with Gasteiger partial charge in [0.2, 0.25) is 5.91 Å². The molecule has 59 heavy (non-hydrogen) atoms. The number of amides is 1. The number of rotatable bonds is 45. The molecule has 3 atom stereocenters. The van der Waals surface area contributed by atoms with Crippen LogP contribution in [0.5, 0.6) is 0 Å². The number of unbranched alkanes of at least 4 members (excludes halogenated alkanes) is 26. The van der Waals surface area contributed by atoms with E-state index in [0.717, 1.165) is 51.4 Å². The highest BCUT2D eigenvalue weighted by Crippen LogP contribution is 2.38. The lowest BCUT2D eigenvalue weighted by atomic mass is 10.0. The number of quaternary nitrogens is 1. The van der Waals surface area contributed by atoms with E-state index in [2.05, 4.69) is 55.6 Å². The van der Waals surface area contributed by atoms with Gasteiger partial charge in [0, 0.05) is 6.42 Å². The molecule has 0 aromatic heterocycles. The Morgan fingerprint density at radius 1 is 0.593 bits per heavy atom. The number of aliphatic hydroxyl groups excluding tert-OH is 1. The average molecular weight is 853 g/mol. The molecule has 3 unspecified atom stereocenters. The summed E-state index contributed by atoms with van der Waals surface area (Å²) in [5.74, 6) is -0.169. The number of phosphoric ester groups is 1. The summed E-state index contributed by atoms with van der Waals surface area (Å²) in [6.45, 7) is 4.67. The molecule has 0 aromatic rings. The van der Waals surface area contributed by atoms with Crippen LogP contribution < -0.4 is 10.2 Å². The summed E-state index contributed by atoms with van der Waals surface area (Å²) < 4.78 is 23.2. The Balaban J connectivity index is 4.00. The second-order valence-corrected chi connectivity index (χ2v) is 19.6. The average Bonchev–Trinajstić information content (AvgIpc) is 3.19. The topological polar surface area (TPSA) is 108 Å². The fraction of sp³-hybridized carbons (Fsp3) is 0.860. The van der Waals surface area contributed by atoms with E-state index in [1.165, 1.54) is 148 Å². The normalized spacial score (nSPS) is 14.5. The van der Waals surface area contributed by atoms with E-state index in [9.17, 15) is 19.4 Å². The number of phosphoric acid groups is 1. The molecular formula is C50H97N2O6P. The lowest BCUT2D eigenvalue weighted by Crippen LogP contribution is -2.46. The molecule has 0 heterocycles. The highest BCUT2D eigenvalue weighted by molar-refractivity contribution is 7.45. The zero-order valence-corrected chi connectivity index (χ0v) is 40.4. The van der Waals surface area contributed by atoms with E-state index >= 15 is 0 Å². The van der Waals surface area contributed by atoms with Crippen molar-refractivity contribution in [2.75, 3.05) is 40.9 Å². The number of allylic oxidation sites excluding steroid dienone is 6. The maximum absolute atomic E-state index is 12.9. The number of aliphatic hydroxyl groups is 1. The van der Waals surface area contributed by atoms with Crippen molar-refractivity contribution >= 4 is 13.7 Å². The van der Waals surface area contributed by atoms with Gasteiger partial charge in [0.25, 0.3) is 7.82 Å². The van der Waals surface area contributed by atoms with Crippen LogP contribution in [0.3, 0.4) is 0 Å². The Hall–Kier alpha value is -1.28. The Bertz CT molecular complexity index is 1060. The van der Waals surface area contributed by atoms with Gasteiger partial charge in [-0.05, 0) is 51.4 Å². The van der Waals surface area contributed by atoms with Gasteiger partial charge >= 0.3 is 0 Å². The Morgan fingerprint density at radius 2 is 0.983 bits per heavy atom. The van der Waals surface area contributed by atoms with Gasteiger partial charge in [0.1, 0.15) is 13.2 Å². The fourth-order valence-electron chi connectivity index (χ4n) is 7.16. The molecule has 1 amide bonds. The van der Waals surface area contributed by atoms with Gasteiger partial charge in [0.05, 0.1) is 39.9 Å². The van der Waals surface area contributed by atoms with Gasteiger partial charge in [-0.25, -0.2) is 0 Å².